The summed E-state index contributed by atoms with van der Waals surface area (Å²) in [5.74, 6) is 1.66. The highest BCUT2D eigenvalue weighted by atomic mass is 35.5. The van der Waals surface area contributed by atoms with Crippen LogP contribution in [-0.2, 0) is 19.0 Å². The first-order valence-electron chi connectivity index (χ1n) is 11.9. The van der Waals surface area contributed by atoms with Crippen LogP contribution in [0.2, 0.25) is 5.02 Å². The molecule has 0 atom stereocenters. The van der Waals surface area contributed by atoms with Gasteiger partial charge in [0.05, 0.1) is 16.9 Å². The molecule has 0 aliphatic heterocycles. The number of anilines is 3. The van der Waals surface area contributed by atoms with Gasteiger partial charge in [-0.2, -0.15) is 18.2 Å². The van der Waals surface area contributed by atoms with Crippen molar-refractivity contribution in [2.45, 2.75) is 69.6 Å². The predicted octanol–water partition coefficient (Wildman–Crippen LogP) is 5.80. The fourth-order valence-corrected chi connectivity index (χ4v) is 5.23. The second kappa shape index (κ2) is 10.7. The molecule has 0 spiro atoms. The summed E-state index contributed by atoms with van der Waals surface area (Å²) in [6, 6.07) is 3.91. The minimum Gasteiger partial charge on any atom is -0.362 e. The maximum Gasteiger partial charge on any atom is 0.418 e. The second-order valence-electron chi connectivity index (χ2n) is 9.38. The smallest absolute Gasteiger partial charge is 0.362 e. The van der Waals surface area contributed by atoms with Crippen molar-refractivity contribution >= 4 is 46.4 Å². The molecule has 3 N–H and O–H groups in total. The van der Waals surface area contributed by atoms with E-state index >= 15 is 0 Å². The molecule has 190 valence electrons. The van der Waals surface area contributed by atoms with Gasteiger partial charge in [-0.05, 0) is 81.8 Å². The first kappa shape index (κ1) is 25.8. The Hall–Kier alpha value is -2.33. The van der Waals surface area contributed by atoms with Gasteiger partial charge in [-0.1, -0.05) is 11.6 Å². The minimum atomic E-state index is -4.53. The largest absolute Gasteiger partial charge is 0.418 e. The van der Waals surface area contributed by atoms with Crippen LogP contribution in [0.4, 0.5) is 30.6 Å². The molecule has 1 heterocycles. The quantitative estimate of drug-likeness (QED) is 0.425. The molecule has 2 aliphatic carbocycles. The Labute approximate surface area is 214 Å². The van der Waals surface area contributed by atoms with Crippen molar-refractivity contribution in [1.82, 2.24) is 15.3 Å². The van der Waals surface area contributed by atoms with E-state index in [1.165, 1.54) is 24.1 Å². The fourth-order valence-electron chi connectivity index (χ4n) is 4.78. The Balaban J connectivity index is 1.32. The van der Waals surface area contributed by atoms with Crippen molar-refractivity contribution in [3.05, 3.63) is 40.0 Å². The lowest BCUT2D eigenvalue weighted by atomic mass is 9.91. The summed E-state index contributed by atoms with van der Waals surface area (Å²) in [5.41, 5.74) is 1.44. The maximum absolute atomic E-state index is 13.3. The molecule has 0 saturated heterocycles. The average molecular weight is 527 g/mol. The van der Waals surface area contributed by atoms with E-state index in [2.05, 4.69) is 20.9 Å². The van der Waals surface area contributed by atoms with E-state index in [9.17, 15) is 13.2 Å². The molecule has 11 heteroatoms. The number of nitrogens with one attached hydrogen (secondary N) is 3. The number of nitrogens with zero attached hydrogens (tertiary/aromatic N) is 3. The zero-order chi connectivity index (χ0) is 25.2. The van der Waals surface area contributed by atoms with Crippen LogP contribution in [0, 0.1) is 0 Å². The molecule has 0 bridgehead atoms. The number of benzene rings is 1. The molecule has 35 heavy (non-hydrogen) atoms. The van der Waals surface area contributed by atoms with Gasteiger partial charge in [0.1, 0.15) is 5.82 Å². The highest BCUT2D eigenvalue weighted by Gasteiger charge is 2.34. The highest BCUT2D eigenvalue weighted by molar-refractivity contribution is 7.80. The van der Waals surface area contributed by atoms with Crippen LogP contribution >= 0.6 is 23.8 Å². The third-order valence-corrected chi connectivity index (χ3v) is 6.97. The van der Waals surface area contributed by atoms with Crippen LogP contribution in [0.25, 0.3) is 0 Å². The van der Waals surface area contributed by atoms with Crippen LogP contribution in [0.5, 0.6) is 0 Å². The molecule has 1 aromatic carbocycles. The Morgan fingerprint density at radius 2 is 1.74 bits per heavy atom. The number of aryl methyl sites for hydroxylation is 1. The van der Waals surface area contributed by atoms with Crippen molar-refractivity contribution < 1.29 is 13.2 Å². The number of hydrogen-bond acceptors (Lipinski definition) is 5. The summed E-state index contributed by atoms with van der Waals surface area (Å²) in [4.78, 5) is 11.6. The molecule has 6 nitrogen and oxygen atoms in total. The van der Waals surface area contributed by atoms with E-state index in [4.69, 9.17) is 33.8 Å². The van der Waals surface area contributed by atoms with Crippen LogP contribution in [0.15, 0.2) is 18.2 Å². The van der Waals surface area contributed by atoms with Crippen molar-refractivity contribution in [3.8, 4) is 0 Å². The SMILES string of the molecule is CN(C)c1nc(N[C@H]2CC[C@@H](NC(=S)Nc3ccc(Cl)cc3C(F)(F)F)CC2)nc2c1CCCC2. The van der Waals surface area contributed by atoms with Crippen molar-refractivity contribution in [1.29, 1.82) is 0 Å². The molecule has 0 amide bonds. The predicted molar refractivity (Wildman–Crippen MR) is 138 cm³/mol. The zero-order valence-electron chi connectivity index (χ0n) is 19.8. The highest BCUT2D eigenvalue weighted by Crippen LogP contribution is 2.36. The van der Waals surface area contributed by atoms with Crippen molar-refractivity contribution in [2.75, 3.05) is 29.6 Å². The van der Waals surface area contributed by atoms with Gasteiger partial charge in [-0.15, -0.1) is 0 Å². The van der Waals surface area contributed by atoms with Gasteiger partial charge in [0.15, 0.2) is 5.11 Å². The second-order valence-corrected chi connectivity index (χ2v) is 10.2. The molecule has 1 saturated carbocycles. The minimum absolute atomic E-state index is 0.0215. The molecule has 2 aliphatic rings. The number of fused-ring (bicyclic) bond motifs is 1. The van der Waals surface area contributed by atoms with E-state index in [1.54, 1.807) is 0 Å². The summed E-state index contributed by atoms with van der Waals surface area (Å²) in [6.07, 6.45) is 3.23. The standard InChI is InChI=1S/C24H30ClF3N6S/c1-34(2)21-17-5-3-4-6-19(17)31-22(33-21)29-15-8-10-16(11-9-15)30-23(35)32-20-12-7-14(25)13-18(20)24(26,27)28/h7,12-13,15-16H,3-6,8-11H2,1-2H3,(H,29,31,33)(H2,30,32,35)/t15-,16+. The van der Waals surface area contributed by atoms with Gasteiger partial charge in [-0.25, -0.2) is 4.98 Å². The Morgan fingerprint density at radius 1 is 1.06 bits per heavy atom. The monoisotopic (exact) mass is 526 g/mol. The Kier molecular flexibility index (Phi) is 7.90. The molecule has 2 aromatic rings. The van der Waals surface area contributed by atoms with E-state index < -0.39 is 11.7 Å². The third-order valence-electron chi connectivity index (χ3n) is 6.52. The van der Waals surface area contributed by atoms with Crippen LogP contribution in [-0.4, -0.2) is 41.3 Å². The maximum atomic E-state index is 13.3. The summed E-state index contributed by atoms with van der Waals surface area (Å²) >= 11 is 11.1. The summed E-state index contributed by atoms with van der Waals surface area (Å²) < 4.78 is 40.0. The molecular formula is C24H30ClF3N6S. The summed E-state index contributed by atoms with van der Waals surface area (Å²) in [6.45, 7) is 0. The number of hydrogen-bond donors (Lipinski definition) is 3. The van der Waals surface area contributed by atoms with E-state index in [0.717, 1.165) is 62.5 Å². The van der Waals surface area contributed by atoms with E-state index in [1.807, 2.05) is 14.1 Å². The molecule has 1 fully saturated rings. The number of rotatable bonds is 5. The lowest BCUT2D eigenvalue weighted by molar-refractivity contribution is -0.136. The number of alkyl halides is 3. The van der Waals surface area contributed by atoms with Gasteiger partial charge >= 0.3 is 6.18 Å². The lowest BCUT2D eigenvalue weighted by Gasteiger charge is -2.31. The van der Waals surface area contributed by atoms with Gasteiger partial charge < -0.3 is 20.9 Å². The summed E-state index contributed by atoms with van der Waals surface area (Å²) in [5, 5.41) is 9.55. The third kappa shape index (κ3) is 6.46. The number of halogens is 4. The van der Waals surface area contributed by atoms with Gasteiger partial charge in [-0.3, -0.25) is 0 Å². The van der Waals surface area contributed by atoms with E-state index in [0.29, 0.717) is 5.95 Å². The van der Waals surface area contributed by atoms with Gasteiger partial charge in [0, 0.05) is 36.8 Å². The van der Waals surface area contributed by atoms with E-state index in [-0.39, 0.29) is 27.9 Å². The Morgan fingerprint density at radius 3 is 2.43 bits per heavy atom. The molecular weight excluding hydrogens is 497 g/mol. The Bertz CT molecular complexity index is 1070. The van der Waals surface area contributed by atoms with Crippen LogP contribution < -0.4 is 20.9 Å². The molecule has 1 aromatic heterocycles. The van der Waals surface area contributed by atoms with Crippen LogP contribution in [0.3, 0.4) is 0 Å². The first-order valence-corrected chi connectivity index (χ1v) is 12.7. The lowest BCUT2D eigenvalue weighted by Crippen LogP contribution is -2.42. The topological polar surface area (TPSA) is 65.1 Å². The first-order chi connectivity index (χ1) is 16.6. The molecule has 0 radical (unpaired) electrons. The number of thiocarbonyl (C=S) groups is 1. The fraction of sp³-hybridized carbons (Fsp3) is 0.542. The van der Waals surface area contributed by atoms with Gasteiger partial charge in [0.2, 0.25) is 5.95 Å². The van der Waals surface area contributed by atoms with Crippen molar-refractivity contribution in [2.24, 2.45) is 0 Å². The van der Waals surface area contributed by atoms with Crippen molar-refractivity contribution in [3.63, 3.8) is 0 Å². The normalized spacial score (nSPS) is 20.1. The average Bonchev–Trinajstić information content (AvgIpc) is 2.80. The summed E-state index contributed by atoms with van der Waals surface area (Å²) in [7, 11) is 4.02. The number of aromatic nitrogens is 2. The molecule has 4 rings (SSSR count). The zero-order valence-corrected chi connectivity index (χ0v) is 21.4. The molecule has 0 unspecified atom stereocenters. The van der Waals surface area contributed by atoms with Gasteiger partial charge in [0.25, 0.3) is 0 Å². The van der Waals surface area contributed by atoms with Crippen LogP contribution in [0.1, 0.15) is 55.3 Å².